The fourth-order valence-corrected chi connectivity index (χ4v) is 2.97. The van der Waals surface area contributed by atoms with Crippen molar-refractivity contribution >= 4 is 12.0 Å². The Morgan fingerprint density at radius 3 is 2.61 bits per heavy atom. The van der Waals surface area contributed by atoms with E-state index in [9.17, 15) is 14.7 Å². The molecule has 0 bridgehead atoms. The van der Waals surface area contributed by atoms with Crippen molar-refractivity contribution < 1.29 is 19.4 Å². The summed E-state index contributed by atoms with van der Waals surface area (Å²) < 4.78 is 5.43. The van der Waals surface area contributed by atoms with Crippen molar-refractivity contribution in [1.82, 2.24) is 4.90 Å². The number of nitrogens with zero attached hydrogens (tertiary/aromatic N) is 1. The SMILES string of the molecule is C[C@@]1(O)N(CCC(N)=O)C(=O)OC12CCCCC2. The van der Waals surface area contributed by atoms with Crippen LogP contribution < -0.4 is 5.73 Å². The van der Waals surface area contributed by atoms with Crippen molar-refractivity contribution in [2.45, 2.75) is 56.8 Å². The zero-order valence-electron chi connectivity index (χ0n) is 10.6. The molecule has 3 N–H and O–H groups in total. The Morgan fingerprint density at radius 2 is 2.06 bits per heavy atom. The van der Waals surface area contributed by atoms with E-state index in [1.165, 1.54) is 4.90 Å². The Labute approximate surface area is 106 Å². The smallest absolute Gasteiger partial charge is 0.412 e. The molecule has 18 heavy (non-hydrogen) atoms. The molecule has 1 spiro atoms. The molecule has 0 unspecified atom stereocenters. The lowest BCUT2D eigenvalue weighted by Crippen LogP contribution is -2.57. The molecule has 2 fully saturated rings. The minimum atomic E-state index is -1.36. The average Bonchev–Trinajstić information content (AvgIpc) is 2.45. The van der Waals surface area contributed by atoms with Crippen LogP contribution in [0.5, 0.6) is 0 Å². The van der Waals surface area contributed by atoms with Crippen LogP contribution in [-0.2, 0) is 9.53 Å². The summed E-state index contributed by atoms with van der Waals surface area (Å²) in [6.07, 6.45) is 3.78. The van der Waals surface area contributed by atoms with Gasteiger partial charge in [0.2, 0.25) is 5.91 Å². The molecule has 0 radical (unpaired) electrons. The highest BCUT2D eigenvalue weighted by Crippen LogP contribution is 2.46. The fourth-order valence-electron chi connectivity index (χ4n) is 2.97. The Morgan fingerprint density at radius 1 is 1.44 bits per heavy atom. The highest BCUT2D eigenvalue weighted by molar-refractivity contribution is 5.76. The highest BCUT2D eigenvalue weighted by atomic mass is 16.6. The summed E-state index contributed by atoms with van der Waals surface area (Å²) in [5.41, 5.74) is 2.89. The molecule has 0 aromatic heterocycles. The van der Waals surface area contributed by atoms with E-state index < -0.39 is 23.3 Å². The summed E-state index contributed by atoms with van der Waals surface area (Å²) in [5, 5.41) is 10.6. The van der Waals surface area contributed by atoms with Gasteiger partial charge in [-0.05, 0) is 32.6 Å². The van der Waals surface area contributed by atoms with E-state index in [0.29, 0.717) is 12.8 Å². The van der Waals surface area contributed by atoms with E-state index in [1.54, 1.807) is 6.92 Å². The van der Waals surface area contributed by atoms with E-state index in [1.807, 2.05) is 0 Å². The van der Waals surface area contributed by atoms with Gasteiger partial charge in [0.25, 0.3) is 0 Å². The van der Waals surface area contributed by atoms with Crippen LogP contribution in [0, 0.1) is 0 Å². The highest BCUT2D eigenvalue weighted by Gasteiger charge is 2.61. The van der Waals surface area contributed by atoms with Gasteiger partial charge in [-0.15, -0.1) is 0 Å². The minimum absolute atomic E-state index is 0.0291. The van der Waals surface area contributed by atoms with E-state index in [-0.39, 0.29) is 13.0 Å². The number of amides is 2. The Balaban J connectivity index is 2.17. The number of rotatable bonds is 3. The van der Waals surface area contributed by atoms with Crippen molar-refractivity contribution in [3.63, 3.8) is 0 Å². The molecular weight excluding hydrogens is 236 g/mol. The standard InChI is InChI=1S/C12H20N2O4/c1-11(17)12(6-3-2-4-7-12)18-10(16)14(11)8-5-9(13)15/h17H,2-8H2,1H3,(H2,13,15)/t11-/m0/s1. The van der Waals surface area contributed by atoms with E-state index >= 15 is 0 Å². The van der Waals surface area contributed by atoms with Gasteiger partial charge in [-0.3, -0.25) is 9.69 Å². The third-order valence-corrected chi connectivity index (χ3v) is 4.13. The molecule has 2 rings (SSSR count). The Bertz CT molecular complexity index is 361. The van der Waals surface area contributed by atoms with Crippen LogP contribution >= 0.6 is 0 Å². The first-order valence-corrected chi connectivity index (χ1v) is 6.40. The minimum Gasteiger partial charge on any atom is -0.438 e. The maximum absolute atomic E-state index is 11.9. The fraction of sp³-hybridized carbons (Fsp3) is 0.833. The number of ether oxygens (including phenoxy) is 1. The van der Waals surface area contributed by atoms with Crippen molar-refractivity contribution in [2.24, 2.45) is 5.73 Å². The number of carbonyl (C=O) groups excluding carboxylic acids is 2. The maximum Gasteiger partial charge on any atom is 0.412 e. The maximum atomic E-state index is 11.9. The van der Waals surface area contributed by atoms with Gasteiger partial charge in [0.1, 0.15) is 0 Å². The number of aliphatic hydroxyl groups is 1. The molecule has 1 saturated heterocycles. The lowest BCUT2D eigenvalue weighted by molar-refractivity contribution is -0.159. The number of primary amides is 1. The second-order valence-corrected chi connectivity index (χ2v) is 5.31. The van der Waals surface area contributed by atoms with Crippen molar-refractivity contribution in [3.8, 4) is 0 Å². The molecule has 1 saturated carbocycles. The van der Waals surface area contributed by atoms with Gasteiger partial charge >= 0.3 is 6.09 Å². The van der Waals surface area contributed by atoms with Gasteiger partial charge in [-0.2, -0.15) is 0 Å². The van der Waals surface area contributed by atoms with Gasteiger partial charge < -0.3 is 15.6 Å². The second-order valence-electron chi connectivity index (χ2n) is 5.31. The van der Waals surface area contributed by atoms with Crippen LogP contribution in [0.25, 0.3) is 0 Å². The summed E-state index contributed by atoms with van der Waals surface area (Å²) >= 11 is 0. The van der Waals surface area contributed by atoms with Gasteiger partial charge in [0, 0.05) is 13.0 Å². The van der Waals surface area contributed by atoms with Crippen molar-refractivity contribution in [3.05, 3.63) is 0 Å². The summed E-state index contributed by atoms with van der Waals surface area (Å²) in [5.74, 6) is -0.497. The molecule has 6 heteroatoms. The Hall–Kier alpha value is -1.30. The third-order valence-electron chi connectivity index (χ3n) is 4.13. The van der Waals surface area contributed by atoms with E-state index in [4.69, 9.17) is 10.5 Å². The van der Waals surface area contributed by atoms with Gasteiger partial charge in [0.15, 0.2) is 11.3 Å². The van der Waals surface area contributed by atoms with Crippen LogP contribution in [-0.4, -0.2) is 39.9 Å². The number of hydrogen-bond donors (Lipinski definition) is 2. The normalized spacial score (nSPS) is 30.6. The van der Waals surface area contributed by atoms with Crippen LogP contribution in [0.2, 0.25) is 0 Å². The molecule has 0 aromatic carbocycles. The van der Waals surface area contributed by atoms with Gasteiger partial charge in [-0.1, -0.05) is 6.42 Å². The van der Waals surface area contributed by atoms with Crippen molar-refractivity contribution in [2.75, 3.05) is 6.54 Å². The summed E-state index contributed by atoms with van der Waals surface area (Å²) in [7, 11) is 0. The summed E-state index contributed by atoms with van der Waals surface area (Å²) in [6, 6.07) is 0. The second kappa shape index (κ2) is 4.42. The number of carbonyl (C=O) groups is 2. The molecule has 6 nitrogen and oxygen atoms in total. The first-order valence-electron chi connectivity index (χ1n) is 6.40. The molecule has 2 amide bonds. The zero-order valence-corrected chi connectivity index (χ0v) is 10.6. The van der Waals surface area contributed by atoms with Crippen LogP contribution in [0.1, 0.15) is 45.4 Å². The largest absolute Gasteiger partial charge is 0.438 e. The third kappa shape index (κ3) is 1.94. The molecule has 0 aromatic rings. The van der Waals surface area contributed by atoms with Crippen LogP contribution in [0.4, 0.5) is 4.79 Å². The molecule has 2 aliphatic rings. The van der Waals surface area contributed by atoms with Gasteiger partial charge in [-0.25, -0.2) is 4.79 Å². The zero-order chi connectivity index (χ0) is 13.4. The first-order chi connectivity index (χ1) is 8.39. The van der Waals surface area contributed by atoms with Crippen molar-refractivity contribution in [1.29, 1.82) is 0 Å². The number of nitrogens with two attached hydrogens (primary N) is 1. The molecular formula is C12H20N2O4. The van der Waals surface area contributed by atoms with Crippen LogP contribution in [0.3, 0.4) is 0 Å². The topological polar surface area (TPSA) is 92.9 Å². The van der Waals surface area contributed by atoms with Gasteiger partial charge in [0.05, 0.1) is 0 Å². The molecule has 1 aliphatic carbocycles. The monoisotopic (exact) mass is 256 g/mol. The molecule has 1 heterocycles. The number of hydrogen-bond acceptors (Lipinski definition) is 4. The Kier molecular flexibility index (Phi) is 3.23. The summed E-state index contributed by atoms with van der Waals surface area (Å²) in [4.78, 5) is 23.9. The molecule has 1 atom stereocenters. The molecule has 102 valence electrons. The first kappa shape index (κ1) is 13.1. The van der Waals surface area contributed by atoms with Crippen LogP contribution in [0.15, 0.2) is 0 Å². The quantitative estimate of drug-likeness (QED) is 0.778. The summed E-state index contributed by atoms with van der Waals surface area (Å²) in [6.45, 7) is 1.69. The lowest BCUT2D eigenvalue weighted by Gasteiger charge is -2.42. The predicted octanol–water partition coefficient (Wildman–Crippen LogP) is 0.725. The van der Waals surface area contributed by atoms with E-state index in [0.717, 1.165) is 19.3 Å². The lowest BCUT2D eigenvalue weighted by atomic mass is 9.77. The predicted molar refractivity (Wildman–Crippen MR) is 63.4 cm³/mol. The average molecular weight is 256 g/mol. The van der Waals surface area contributed by atoms with E-state index in [2.05, 4.69) is 0 Å². The molecule has 1 aliphatic heterocycles.